The molecule has 0 spiro atoms. The van der Waals surface area contributed by atoms with E-state index >= 15 is 0 Å². The number of benzene rings is 1. The van der Waals surface area contributed by atoms with E-state index < -0.39 is 11.4 Å². The molecular weight excluding hydrogens is 404 g/mol. The Hall–Kier alpha value is -3.46. The molecule has 3 N–H and O–H groups in total. The Bertz CT molecular complexity index is 1270. The first-order valence-electron chi connectivity index (χ1n) is 9.54. The van der Waals surface area contributed by atoms with Gasteiger partial charge in [-0.3, -0.25) is 9.32 Å². The predicted molar refractivity (Wildman–Crippen MR) is 113 cm³/mol. The smallest absolute Gasteiger partial charge is 0.439 e. The lowest BCUT2D eigenvalue weighted by Gasteiger charge is -1.99. The molecule has 0 saturated carbocycles. The van der Waals surface area contributed by atoms with Gasteiger partial charge in [-0.2, -0.15) is 0 Å². The summed E-state index contributed by atoms with van der Waals surface area (Å²) in [6, 6.07) is 10.7. The van der Waals surface area contributed by atoms with Gasteiger partial charge in [0.05, 0.1) is 12.8 Å². The third kappa shape index (κ3) is 3.48. The SMILES string of the molecule is CCCCc1ccc2c(N)c(C(=O)c3c(=O)o[nH][n+]3-c3ccc(OC)cc3)sc2n1. The van der Waals surface area contributed by atoms with Gasteiger partial charge >= 0.3 is 11.3 Å². The van der Waals surface area contributed by atoms with E-state index in [0.717, 1.165) is 25.0 Å². The summed E-state index contributed by atoms with van der Waals surface area (Å²) in [4.78, 5) is 31.2. The zero-order valence-corrected chi connectivity index (χ0v) is 17.4. The van der Waals surface area contributed by atoms with Crippen molar-refractivity contribution in [2.24, 2.45) is 0 Å². The van der Waals surface area contributed by atoms with Crippen LogP contribution in [-0.2, 0) is 6.42 Å². The molecular formula is C21H21N4O4S+. The first-order valence-corrected chi connectivity index (χ1v) is 10.4. The third-order valence-corrected chi connectivity index (χ3v) is 5.95. The van der Waals surface area contributed by atoms with Crippen molar-refractivity contribution in [1.29, 1.82) is 0 Å². The number of anilines is 1. The molecule has 0 unspecified atom stereocenters. The first-order chi connectivity index (χ1) is 14.5. The molecule has 0 aliphatic rings. The second-order valence-corrected chi connectivity index (χ2v) is 7.79. The van der Waals surface area contributed by atoms with Crippen LogP contribution in [0.1, 0.15) is 40.8 Å². The largest absolute Gasteiger partial charge is 0.497 e. The normalized spacial score (nSPS) is 11.1. The summed E-state index contributed by atoms with van der Waals surface area (Å²) >= 11 is 1.18. The number of ketones is 1. The van der Waals surface area contributed by atoms with Gasteiger partial charge in [0.2, 0.25) is 5.69 Å². The highest BCUT2D eigenvalue weighted by Gasteiger charge is 2.34. The quantitative estimate of drug-likeness (QED) is 0.347. The number of aryl methyl sites for hydroxylation is 1. The summed E-state index contributed by atoms with van der Waals surface area (Å²) in [6.07, 6.45) is 2.98. The molecule has 1 aromatic carbocycles. The van der Waals surface area contributed by atoms with Crippen molar-refractivity contribution in [3.05, 3.63) is 63.1 Å². The number of hydrogen-bond acceptors (Lipinski definition) is 7. The molecule has 0 saturated heterocycles. The van der Waals surface area contributed by atoms with Crippen molar-refractivity contribution >= 4 is 33.0 Å². The lowest BCUT2D eigenvalue weighted by atomic mass is 10.1. The molecule has 8 nitrogen and oxygen atoms in total. The average Bonchev–Trinajstić information content (AvgIpc) is 3.31. The first kappa shape index (κ1) is 19.8. The van der Waals surface area contributed by atoms with Crippen LogP contribution in [-0.4, -0.2) is 23.1 Å². The Morgan fingerprint density at radius 2 is 2.03 bits per heavy atom. The van der Waals surface area contributed by atoms with Crippen molar-refractivity contribution in [3.63, 3.8) is 0 Å². The topological polar surface area (TPSA) is 115 Å². The van der Waals surface area contributed by atoms with Crippen molar-refractivity contribution in [2.75, 3.05) is 12.8 Å². The highest BCUT2D eigenvalue weighted by atomic mass is 32.1. The van der Waals surface area contributed by atoms with Crippen molar-refractivity contribution in [1.82, 2.24) is 10.3 Å². The zero-order valence-electron chi connectivity index (χ0n) is 16.6. The average molecular weight is 425 g/mol. The van der Waals surface area contributed by atoms with E-state index in [-0.39, 0.29) is 10.6 Å². The van der Waals surface area contributed by atoms with Crippen LogP contribution < -0.4 is 20.8 Å². The Morgan fingerprint density at radius 3 is 2.73 bits per heavy atom. The number of carbonyl (C=O) groups is 1. The van der Waals surface area contributed by atoms with E-state index in [1.807, 2.05) is 12.1 Å². The van der Waals surface area contributed by atoms with Crippen molar-refractivity contribution in [3.8, 4) is 11.4 Å². The molecule has 0 atom stereocenters. The van der Waals surface area contributed by atoms with Crippen LogP contribution in [0.2, 0.25) is 0 Å². The number of unbranched alkanes of at least 4 members (excludes halogenated alkanes) is 1. The molecule has 0 radical (unpaired) electrons. The number of nitrogens with two attached hydrogens (primary N) is 1. The van der Waals surface area contributed by atoms with E-state index in [2.05, 4.69) is 17.2 Å². The number of thiophene rings is 1. The zero-order chi connectivity index (χ0) is 21.3. The number of pyridine rings is 1. The van der Waals surface area contributed by atoms with Gasteiger partial charge < -0.3 is 10.5 Å². The van der Waals surface area contributed by atoms with Crippen LogP contribution in [0, 0.1) is 0 Å². The molecule has 0 aliphatic carbocycles. The van der Waals surface area contributed by atoms with E-state index in [4.69, 9.17) is 15.0 Å². The van der Waals surface area contributed by atoms with Gasteiger partial charge in [0.15, 0.2) is 0 Å². The highest BCUT2D eigenvalue weighted by Crippen LogP contribution is 2.33. The Labute approximate surface area is 175 Å². The molecule has 9 heteroatoms. The fourth-order valence-corrected chi connectivity index (χ4v) is 4.24. The maximum atomic E-state index is 13.3. The van der Waals surface area contributed by atoms with Gasteiger partial charge in [-0.1, -0.05) is 13.3 Å². The number of methoxy groups -OCH3 is 1. The molecule has 0 aliphatic heterocycles. The molecule has 0 fully saturated rings. The third-order valence-electron chi connectivity index (χ3n) is 4.84. The van der Waals surface area contributed by atoms with Gasteiger partial charge in [0, 0.05) is 23.2 Å². The number of hydrogen-bond donors (Lipinski definition) is 2. The van der Waals surface area contributed by atoms with E-state index in [9.17, 15) is 9.59 Å². The van der Waals surface area contributed by atoms with Gasteiger partial charge in [0.1, 0.15) is 15.5 Å². The van der Waals surface area contributed by atoms with Gasteiger partial charge in [0.25, 0.3) is 5.78 Å². The molecule has 3 heterocycles. The number of aromatic amines is 1. The minimum atomic E-state index is -0.774. The summed E-state index contributed by atoms with van der Waals surface area (Å²) in [5.41, 5.74) is 7.14. The van der Waals surface area contributed by atoms with E-state index in [0.29, 0.717) is 27.3 Å². The summed E-state index contributed by atoms with van der Waals surface area (Å²) in [6.45, 7) is 2.12. The molecule has 154 valence electrons. The fraction of sp³-hybridized carbons (Fsp3) is 0.238. The molecule has 0 bridgehead atoms. The summed E-state index contributed by atoms with van der Waals surface area (Å²) in [7, 11) is 1.56. The molecule has 30 heavy (non-hydrogen) atoms. The van der Waals surface area contributed by atoms with Gasteiger partial charge in [-0.25, -0.2) is 9.78 Å². The summed E-state index contributed by atoms with van der Waals surface area (Å²) in [5, 5.41) is 3.19. The Kier molecular flexibility index (Phi) is 5.37. The molecule has 0 amide bonds. The standard InChI is InChI=1S/C21H20N4O4S/c1-3-4-5-12-6-11-15-16(22)19(30-20(15)23-12)18(26)17-21(27)29-24-25(17)13-7-9-14(28-2)10-8-13/h6-11H,3-5H2,1-2H3,(H2-,22,24,26,27)/p+1. The van der Waals surface area contributed by atoms with Crippen molar-refractivity contribution in [2.45, 2.75) is 26.2 Å². The molecule has 4 aromatic rings. The molecule has 4 rings (SSSR count). The lowest BCUT2D eigenvalue weighted by molar-refractivity contribution is -0.672. The number of H-pyrrole nitrogens is 1. The summed E-state index contributed by atoms with van der Waals surface area (Å²) < 4.78 is 11.4. The number of nitrogens with zero attached hydrogens (tertiary/aromatic N) is 2. The number of fused-ring (bicyclic) bond motifs is 1. The number of nitrogen functional groups attached to an aromatic ring is 1. The Morgan fingerprint density at radius 1 is 1.27 bits per heavy atom. The van der Waals surface area contributed by atoms with Crippen LogP contribution in [0.25, 0.3) is 15.9 Å². The molecule has 3 aromatic heterocycles. The second kappa shape index (κ2) is 8.11. The Balaban J connectivity index is 1.76. The fourth-order valence-electron chi connectivity index (χ4n) is 3.19. The van der Waals surface area contributed by atoms with E-state index in [1.54, 1.807) is 31.4 Å². The van der Waals surface area contributed by atoms with Crippen molar-refractivity contribution < 1.29 is 18.7 Å². The minimum absolute atomic E-state index is 0.162. The number of carbonyl (C=O) groups excluding carboxylic acids is 1. The lowest BCUT2D eigenvalue weighted by Crippen LogP contribution is -2.41. The number of ether oxygens (including phenoxy) is 1. The monoisotopic (exact) mass is 425 g/mol. The van der Waals surface area contributed by atoms with Crippen LogP contribution in [0.4, 0.5) is 5.69 Å². The van der Waals surface area contributed by atoms with Crippen LogP contribution >= 0.6 is 11.3 Å². The maximum Gasteiger partial charge on any atom is 0.439 e. The second-order valence-electron chi connectivity index (χ2n) is 6.80. The van der Waals surface area contributed by atoms with Gasteiger partial charge in [-0.15, -0.1) is 11.3 Å². The number of rotatable bonds is 7. The van der Waals surface area contributed by atoms with Crippen LogP contribution in [0.5, 0.6) is 5.75 Å². The highest BCUT2D eigenvalue weighted by molar-refractivity contribution is 7.21. The summed E-state index contributed by atoms with van der Waals surface area (Å²) in [5.74, 6) is 0.133. The van der Waals surface area contributed by atoms with E-state index in [1.165, 1.54) is 16.0 Å². The minimum Gasteiger partial charge on any atom is -0.497 e. The number of nitrogens with one attached hydrogen (secondary N) is 1. The van der Waals surface area contributed by atoms with Crippen LogP contribution in [0.15, 0.2) is 45.7 Å². The maximum absolute atomic E-state index is 13.3. The van der Waals surface area contributed by atoms with Crippen LogP contribution in [0.3, 0.4) is 0 Å². The van der Waals surface area contributed by atoms with Gasteiger partial charge in [-0.05, 0) is 47.1 Å². The predicted octanol–water partition coefficient (Wildman–Crippen LogP) is 3.02. The number of aromatic nitrogens is 3.